The molecule has 0 saturated heterocycles. The van der Waals surface area contributed by atoms with Crippen LogP contribution in [-0.4, -0.2) is 12.1 Å². The Bertz CT molecular complexity index is 378. The van der Waals surface area contributed by atoms with E-state index < -0.39 is 10.9 Å². The van der Waals surface area contributed by atoms with Crippen molar-refractivity contribution in [2.45, 2.75) is 0 Å². The van der Waals surface area contributed by atoms with Crippen LogP contribution in [0.5, 0.6) is 0 Å². The quantitative estimate of drug-likeness (QED) is 0.556. The third-order valence-corrected chi connectivity index (χ3v) is 2.14. The molecule has 0 bridgehead atoms. The van der Waals surface area contributed by atoms with Crippen LogP contribution in [0, 0.1) is 28.1 Å². The topological polar surface area (TPSA) is 95.8 Å². The first-order chi connectivity index (χ1) is 5.69. The van der Waals surface area contributed by atoms with Crippen LogP contribution in [0.25, 0.3) is 0 Å². The van der Waals surface area contributed by atoms with E-state index in [1.165, 1.54) is 0 Å². The van der Waals surface area contributed by atoms with Crippen molar-refractivity contribution in [3.8, 4) is 12.1 Å². The summed E-state index contributed by atoms with van der Waals surface area (Å²) >= 11 is 0. The first-order valence-corrected chi connectivity index (χ1v) is 4.56. The van der Waals surface area contributed by atoms with Gasteiger partial charge in [0.2, 0.25) is 0 Å². The average Bonchev–Trinajstić information content (AvgIpc) is 2.03. The highest BCUT2D eigenvalue weighted by atomic mass is 32.2. The molecule has 0 amide bonds. The maximum atomic E-state index is 8.57. The molecular formula is C6H5N5S. The highest BCUT2D eigenvalue weighted by Crippen LogP contribution is 2.08. The van der Waals surface area contributed by atoms with E-state index in [0.717, 1.165) is 0 Å². The summed E-state index contributed by atoms with van der Waals surface area (Å²) in [6.07, 6.45) is 1.74. The van der Waals surface area contributed by atoms with Gasteiger partial charge in [0.15, 0.2) is 5.84 Å². The minimum absolute atomic E-state index is 0.0168. The number of hydrogen-bond acceptors (Lipinski definition) is 4. The zero-order chi connectivity index (χ0) is 9.14. The Hall–Kier alpha value is -1.66. The van der Waals surface area contributed by atoms with Gasteiger partial charge in [0, 0.05) is 6.26 Å². The molecule has 60 valence electrons. The van der Waals surface area contributed by atoms with Crippen LogP contribution in [0.15, 0.2) is 15.6 Å². The van der Waals surface area contributed by atoms with Gasteiger partial charge in [0.1, 0.15) is 23.4 Å². The fourth-order valence-corrected chi connectivity index (χ4v) is 1.56. The summed E-state index contributed by atoms with van der Waals surface area (Å²) in [4.78, 5) is 0. The van der Waals surface area contributed by atoms with Gasteiger partial charge in [0.25, 0.3) is 0 Å². The first-order valence-electron chi connectivity index (χ1n) is 2.97. The number of amidine groups is 1. The van der Waals surface area contributed by atoms with Crippen molar-refractivity contribution < 1.29 is 0 Å². The van der Waals surface area contributed by atoms with E-state index in [0.29, 0.717) is 0 Å². The van der Waals surface area contributed by atoms with Crippen molar-refractivity contribution >= 4 is 16.7 Å². The second-order valence-corrected chi connectivity index (χ2v) is 3.34. The molecule has 0 radical (unpaired) electrons. The highest BCUT2D eigenvalue weighted by molar-refractivity contribution is 7.85. The fourth-order valence-electron chi connectivity index (χ4n) is 0.710. The molecule has 12 heavy (non-hydrogen) atoms. The van der Waals surface area contributed by atoms with E-state index in [2.05, 4.69) is 9.08 Å². The van der Waals surface area contributed by atoms with Crippen LogP contribution >= 0.6 is 0 Å². The van der Waals surface area contributed by atoms with Crippen molar-refractivity contribution in [2.24, 2.45) is 4.36 Å². The maximum Gasteiger partial charge on any atom is 0.174 e. The van der Waals surface area contributed by atoms with E-state index in [9.17, 15) is 0 Å². The molecule has 2 N–H and O–H groups in total. The van der Waals surface area contributed by atoms with Gasteiger partial charge in [-0.2, -0.15) is 14.9 Å². The number of rotatable bonds is 0. The van der Waals surface area contributed by atoms with Crippen LogP contribution < -0.4 is 4.72 Å². The van der Waals surface area contributed by atoms with Gasteiger partial charge < -0.3 is 4.72 Å². The largest absolute Gasteiger partial charge is 0.311 e. The molecule has 0 aromatic carbocycles. The summed E-state index contributed by atoms with van der Waals surface area (Å²) in [5.74, 6) is -0.112. The van der Waals surface area contributed by atoms with Gasteiger partial charge in [-0.3, -0.25) is 5.41 Å². The van der Waals surface area contributed by atoms with Crippen molar-refractivity contribution in [1.29, 1.82) is 15.9 Å². The molecule has 0 spiro atoms. The SMILES string of the molecule is CS1=NC(=N)C(C#N)=C(C#N)N1. The molecule has 0 aliphatic carbocycles. The Morgan fingerprint density at radius 2 is 2.17 bits per heavy atom. The van der Waals surface area contributed by atoms with E-state index in [4.69, 9.17) is 15.9 Å². The van der Waals surface area contributed by atoms with Crippen LogP contribution in [0.2, 0.25) is 0 Å². The molecule has 1 aliphatic rings. The molecule has 1 atom stereocenters. The van der Waals surface area contributed by atoms with Crippen molar-refractivity contribution in [3.63, 3.8) is 0 Å². The normalized spacial score (nSPS) is 21.9. The number of nitrogens with zero attached hydrogens (tertiary/aromatic N) is 3. The number of allylic oxidation sites excluding steroid dienone is 1. The number of nitriles is 2. The van der Waals surface area contributed by atoms with Gasteiger partial charge >= 0.3 is 0 Å². The summed E-state index contributed by atoms with van der Waals surface area (Å²) < 4.78 is 6.52. The lowest BCUT2D eigenvalue weighted by Crippen LogP contribution is -2.23. The van der Waals surface area contributed by atoms with Crippen LogP contribution in [0.1, 0.15) is 0 Å². The molecule has 1 aliphatic heterocycles. The fraction of sp³-hybridized carbons (Fsp3) is 0.167. The van der Waals surface area contributed by atoms with Crippen molar-refractivity contribution in [1.82, 2.24) is 4.72 Å². The molecular weight excluding hydrogens is 174 g/mol. The second kappa shape index (κ2) is 3.16. The van der Waals surface area contributed by atoms with E-state index in [1.54, 1.807) is 12.3 Å². The van der Waals surface area contributed by atoms with Crippen LogP contribution in [0.3, 0.4) is 0 Å². The van der Waals surface area contributed by atoms with Crippen molar-refractivity contribution in [2.75, 3.05) is 6.26 Å². The second-order valence-electron chi connectivity index (χ2n) is 1.99. The third-order valence-electron chi connectivity index (χ3n) is 1.19. The van der Waals surface area contributed by atoms with E-state index >= 15 is 0 Å². The predicted molar refractivity (Wildman–Crippen MR) is 44.8 cm³/mol. The number of hydrogen-bond donors (Lipinski definition) is 2. The summed E-state index contributed by atoms with van der Waals surface area (Å²) in [6, 6.07) is 3.57. The molecule has 0 saturated carbocycles. The van der Waals surface area contributed by atoms with Gasteiger partial charge in [-0.1, -0.05) is 0 Å². The Morgan fingerprint density at radius 1 is 1.50 bits per heavy atom. The Balaban J connectivity index is 3.18. The van der Waals surface area contributed by atoms with E-state index in [-0.39, 0.29) is 17.1 Å². The average molecular weight is 179 g/mol. The third kappa shape index (κ3) is 1.34. The summed E-state index contributed by atoms with van der Waals surface area (Å²) in [5, 5.41) is 24.4. The highest BCUT2D eigenvalue weighted by Gasteiger charge is 2.16. The molecule has 0 aromatic heterocycles. The van der Waals surface area contributed by atoms with Crippen LogP contribution in [-0.2, 0) is 10.9 Å². The molecule has 1 heterocycles. The van der Waals surface area contributed by atoms with Gasteiger partial charge in [0.05, 0.1) is 0 Å². The number of nitrogens with one attached hydrogen (secondary N) is 2. The van der Waals surface area contributed by atoms with Gasteiger partial charge in [-0.05, 0) is 10.9 Å². The molecule has 0 aromatic rings. The monoisotopic (exact) mass is 179 g/mol. The first kappa shape index (κ1) is 8.44. The molecule has 0 fully saturated rings. The maximum absolute atomic E-state index is 8.57. The lowest BCUT2D eigenvalue weighted by atomic mass is 10.2. The zero-order valence-corrected chi connectivity index (χ0v) is 7.07. The lowest BCUT2D eigenvalue weighted by molar-refractivity contribution is 1.22. The van der Waals surface area contributed by atoms with E-state index in [1.807, 2.05) is 6.07 Å². The van der Waals surface area contributed by atoms with Crippen molar-refractivity contribution in [3.05, 3.63) is 11.3 Å². The molecule has 5 nitrogen and oxygen atoms in total. The summed E-state index contributed by atoms with van der Waals surface area (Å²) in [5.41, 5.74) is 0.159. The Labute approximate surface area is 72.1 Å². The lowest BCUT2D eigenvalue weighted by Gasteiger charge is -2.11. The zero-order valence-electron chi connectivity index (χ0n) is 6.25. The molecule has 1 rings (SSSR count). The molecule has 1 unspecified atom stereocenters. The minimum Gasteiger partial charge on any atom is -0.311 e. The Morgan fingerprint density at radius 3 is 2.67 bits per heavy atom. The Kier molecular flexibility index (Phi) is 2.22. The summed E-state index contributed by atoms with van der Waals surface area (Å²) in [7, 11) is -0.554. The minimum atomic E-state index is -0.554. The van der Waals surface area contributed by atoms with Crippen LogP contribution in [0.4, 0.5) is 0 Å². The van der Waals surface area contributed by atoms with Gasteiger partial charge in [-0.25, -0.2) is 0 Å². The van der Waals surface area contributed by atoms with Gasteiger partial charge in [-0.15, -0.1) is 0 Å². The summed E-state index contributed by atoms with van der Waals surface area (Å²) in [6.45, 7) is 0. The molecule has 6 heteroatoms. The smallest absolute Gasteiger partial charge is 0.174 e. The standard InChI is InChI=1S/C6H5N5S/c1-12-10-5(3-8)4(2-7)6(9)11-12/h1H3,(H2,9,10,11). The predicted octanol–water partition coefficient (Wildman–Crippen LogP) is 0.215.